The van der Waals surface area contributed by atoms with Crippen molar-refractivity contribution < 1.29 is 29.5 Å². The van der Waals surface area contributed by atoms with Gasteiger partial charge in [0.05, 0.1) is 54.9 Å². The molecule has 7 nitrogen and oxygen atoms in total. The van der Waals surface area contributed by atoms with E-state index in [0.717, 1.165) is 37.6 Å². The number of hydrogen-bond acceptors (Lipinski definition) is 7. The number of nitrogens with zero attached hydrogens (tertiary/aromatic N) is 1. The molecule has 3 aliphatic rings. The van der Waals surface area contributed by atoms with Crippen LogP contribution in [0.3, 0.4) is 0 Å². The highest BCUT2D eigenvalue weighted by atomic mass is 16.5. The van der Waals surface area contributed by atoms with Gasteiger partial charge in [-0.1, -0.05) is 51.4 Å². The Morgan fingerprint density at radius 1 is 0.535 bits per heavy atom. The van der Waals surface area contributed by atoms with Crippen molar-refractivity contribution in [3.63, 3.8) is 0 Å². The fraction of sp³-hybridized carbons (Fsp3) is 1.00. The molecule has 1 aliphatic heterocycles. The van der Waals surface area contributed by atoms with Crippen LogP contribution in [-0.4, -0.2) is 94.8 Å². The summed E-state index contributed by atoms with van der Waals surface area (Å²) in [6.07, 6.45) is 14.9. The summed E-state index contributed by atoms with van der Waals surface area (Å²) in [7, 11) is 2.13. The van der Waals surface area contributed by atoms with E-state index in [1.54, 1.807) is 0 Å². The Bertz CT molecular complexity index is 647. The first kappa shape index (κ1) is 40.7. The maximum atomic E-state index is 9.84. The van der Waals surface area contributed by atoms with Crippen LogP contribution in [0.1, 0.15) is 146 Å². The minimum absolute atomic E-state index is 0.128. The summed E-state index contributed by atoms with van der Waals surface area (Å²) < 4.78 is 16.7. The van der Waals surface area contributed by atoms with E-state index in [9.17, 15) is 15.3 Å². The first-order valence-corrected chi connectivity index (χ1v) is 17.5. The lowest BCUT2D eigenvalue weighted by molar-refractivity contribution is -0.0545. The van der Waals surface area contributed by atoms with E-state index in [1.807, 2.05) is 62.3 Å². The molecule has 0 aromatic carbocycles. The summed E-state index contributed by atoms with van der Waals surface area (Å²) in [5.41, 5.74) is -0.407. The van der Waals surface area contributed by atoms with Gasteiger partial charge in [-0.3, -0.25) is 0 Å². The summed E-state index contributed by atoms with van der Waals surface area (Å²) >= 11 is 0. The first-order chi connectivity index (χ1) is 19.8. The van der Waals surface area contributed by atoms with Crippen LogP contribution in [0.4, 0.5) is 0 Å². The Balaban J connectivity index is 0.000000323. The second-order valence-electron chi connectivity index (χ2n) is 16.5. The Kier molecular flexibility index (Phi) is 19.0. The normalized spacial score (nSPS) is 23.0. The van der Waals surface area contributed by atoms with Crippen molar-refractivity contribution in [3.8, 4) is 0 Å². The van der Waals surface area contributed by atoms with Crippen LogP contribution in [0.25, 0.3) is 0 Å². The predicted octanol–water partition coefficient (Wildman–Crippen LogP) is 7.13. The molecular weight excluding hydrogens is 542 g/mol. The first-order valence-electron chi connectivity index (χ1n) is 17.5. The summed E-state index contributed by atoms with van der Waals surface area (Å²) in [5, 5.41) is 29.3. The number of likely N-dealkylation sites (tertiary alicyclic amines) is 1. The second-order valence-corrected chi connectivity index (χ2v) is 16.5. The van der Waals surface area contributed by atoms with E-state index in [4.69, 9.17) is 14.2 Å². The Morgan fingerprint density at radius 2 is 0.860 bits per heavy atom. The molecule has 0 spiro atoms. The Morgan fingerprint density at radius 3 is 1.14 bits per heavy atom. The third-order valence-electron chi connectivity index (χ3n) is 8.50. The molecule has 2 aliphatic carbocycles. The zero-order chi connectivity index (χ0) is 32.7. The molecule has 0 amide bonds. The van der Waals surface area contributed by atoms with E-state index < -0.39 is 0 Å². The molecule has 1 saturated heterocycles. The van der Waals surface area contributed by atoms with Crippen LogP contribution in [0.15, 0.2) is 0 Å². The largest absolute Gasteiger partial charge is 0.391 e. The fourth-order valence-corrected chi connectivity index (χ4v) is 6.10. The molecule has 3 fully saturated rings. The van der Waals surface area contributed by atoms with Crippen molar-refractivity contribution in [3.05, 3.63) is 0 Å². The highest BCUT2D eigenvalue weighted by molar-refractivity contribution is 4.79. The molecule has 2 unspecified atom stereocenters. The van der Waals surface area contributed by atoms with Crippen molar-refractivity contribution >= 4 is 0 Å². The molecule has 0 radical (unpaired) electrons. The standard InChI is InChI=1S/C12H25NO2.2C12H24O2/c1-12(2,3)15-9-11(14)8-10-6-5-7-13(10)4;2*1-12(2,3)14-9-11(13)8-10-6-4-5-7-10/h10-11,14H,5-9H2,1-4H3;2*10-11,13H,4-9H2,1-3H3/t;2*11-/m.10/s1. The van der Waals surface area contributed by atoms with Crippen LogP contribution in [-0.2, 0) is 14.2 Å². The van der Waals surface area contributed by atoms with Gasteiger partial charge < -0.3 is 34.4 Å². The second kappa shape index (κ2) is 20.1. The highest BCUT2D eigenvalue weighted by Gasteiger charge is 2.25. The minimum Gasteiger partial charge on any atom is -0.391 e. The zero-order valence-corrected chi connectivity index (χ0v) is 30.0. The SMILES string of the molecule is CC(C)(C)OC[C@@H](O)CC1CCCC1.CC(C)(C)OC[C@H](O)CC1CCCC1.CN1CCCC1CC(O)COC(C)(C)C. The average Bonchev–Trinajstić information content (AvgIpc) is 3.65. The van der Waals surface area contributed by atoms with Gasteiger partial charge in [0.2, 0.25) is 0 Å². The molecule has 0 aromatic rings. The summed E-state index contributed by atoms with van der Waals surface area (Å²) in [6.45, 7) is 20.8. The Hall–Kier alpha value is -0.280. The van der Waals surface area contributed by atoms with Crippen molar-refractivity contribution in [2.24, 2.45) is 11.8 Å². The molecule has 1 heterocycles. The molecule has 7 heteroatoms. The molecule has 3 N–H and O–H groups in total. The third-order valence-corrected chi connectivity index (χ3v) is 8.50. The lowest BCUT2D eigenvalue weighted by Gasteiger charge is -2.25. The van der Waals surface area contributed by atoms with Gasteiger partial charge in [-0.25, -0.2) is 0 Å². The van der Waals surface area contributed by atoms with Gasteiger partial charge in [0.1, 0.15) is 0 Å². The van der Waals surface area contributed by atoms with Crippen molar-refractivity contribution in [1.82, 2.24) is 4.90 Å². The van der Waals surface area contributed by atoms with Gasteiger partial charge in [0.15, 0.2) is 0 Å². The van der Waals surface area contributed by atoms with E-state index >= 15 is 0 Å². The minimum atomic E-state index is -0.324. The smallest absolute Gasteiger partial charge is 0.0788 e. The number of rotatable bonds is 12. The number of aliphatic hydroxyl groups excluding tert-OH is 3. The molecule has 258 valence electrons. The maximum absolute atomic E-state index is 9.84. The van der Waals surface area contributed by atoms with E-state index in [0.29, 0.717) is 25.9 Å². The average molecular weight is 616 g/mol. The number of ether oxygens (including phenoxy) is 3. The topological polar surface area (TPSA) is 91.6 Å². The van der Waals surface area contributed by atoms with Gasteiger partial charge in [-0.15, -0.1) is 0 Å². The quantitative estimate of drug-likeness (QED) is 0.215. The predicted molar refractivity (Wildman–Crippen MR) is 179 cm³/mol. The van der Waals surface area contributed by atoms with Gasteiger partial charge in [-0.2, -0.15) is 0 Å². The van der Waals surface area contributed by atoms with Crippen molar-refractivity contribution in [2.45, 2.75) is 187 Å². The molecule has 2 saturated carbocycles. The van der Waals surface area contributed by atoms with Crippen LogP contribution in [0, 0.1) is 11.8 Å². The lowest BCUT2D eigenvalue weighted by Crippen LogP contribution is -2.33. The molecule has 4 atom stereocenters. The van der Waals surface area contributed by atoms with Gasteiger partial charge in [0.25, 0.3) is 0 Å². The lowest BCUT2D eigenvalue weighted by atomic mass is 10.0. The summed E-state index contributed by atoms with van der Waals surface area (Å²) in [6, 6.07) is 0.545. The van der Waals surface area contributed by atoms with E-state index in [-0.39, 0.29) is 35.1 Å². The third kappa shape index (κ3) is 22.8. The summed E-state index contributed by atoms with van der Waals surface area (Å²) in [5.74, 6) is 1.49. The van der Waals surface area contributed by atoms with Crippen LogP contribution in [0.2, 0.25) is 0 Å². The molecule has 0 aromatic heterocycles. The molecule has 0 bridgehead atoms. The van der Waals surface area contributed by atoms with Gasteiger partial charge in [-0.05, 0) is 120 Å². The number of aliphatic hydroxyl groups is 3. The molecule has 43 heavy (non-hydrogen) atoms. The van der Waals surface area contributed by atoms with Crippen LogP contribution >= 0.6 is 0 Å². The Labute approximate surface area is 266 Å². The van der Waals surface area contributed by atoms with Crippen molar-refractivity contribution in [1.29, 1.82) is 0 Å². The monoisotopic (exact) mass is 616 g/mol. The van der Waals surface area contributed by atoms with Crippen molar-refractivity contribution in [2.75, 3.05) is 33.4 Å². The molecule has 3 rings (SSSR count). The van der Waals surface area contributed by atoms with Crippen LogP contribution < -0.4 is 0 Å². The van der Waals surface area contributed by atoms with Gasteiger partial charge >= 0.3 is 0 Å². The summed E-state index contributed by atoms with van der Waals surface area (Å²) in [4.78, 5) is 2.33. The zero-order valence-electron chi connectivity index (χ0n) is 30.0. The molecular formula is C36H73NO6. The van der Waals surface area contributed by atoms with Gasteiger partial charge in [0, 0.05) is 6.04 Å². The van der Waals surface area contributed by atoms with E-state index in [1.165, 1.54) is 64.2 Å². The highest BCUT2D eigenvalue weighted by Crippen LogP contribution is 2.29. The number of hydrogen-bond donors (Lipinski definition) is 3. The van der Waals surface area contributed by atoms with E-state index in [2.05, 4.69) is 11.9 Å². The van der Waals surface area contributed by atoms with Crippen LogP contribution in [0.5, 0.6) is 0 Å². The maximum Gasteiger partial charge on any atom is 0.0788 e. The fourth-order valence-electron chi connectivity index (χ4n) is 6.10.